The van der Waals surface area contributed by atoms with Crippen molar-refractivity contribution in [2.24, 2.45) is 11.1 Å². The second-order valence-corrected chi connectivity index (χ2v) is 7.18. The van der Waals surface area contributed by atoms with Crippen LogP contribution in [0.25, 0.3) is 0 Å². The molecule has 0 aliphatic rings. The minimum Gasteiger partial charge on any atom is -0.348 e. The van der Waals surface area contributed by atoms with Crippen LogP contribution in [-0.4, -0.2) is 17.9 Å². The van der Waals surface area contributed by atoms with E-state index in [1.54, 1.807) is 42.5 Å². The monoisotopic (exact) mass is 393 g/mol. The van der Waals surface area contributed by atoms with Gasteiger partial charge in [-0.3, -0.25) is 9.59 Å². The second-order valence-electron chi connectivity index (χ2n) is 7.18. The summed E-state index contributed by atoms with van der Waals surface area (Å²) < 4.78 is 13.6. The number of rotatable bonds is 5. The van der Waals surface area contributed by atoms with Crippen molar-refractivity contribution >= 4 is 29.9 Å². The van der Waals surface area contributed by atoms with Gasteiger partial charge in [-0.1, -0.05) is 39.0 Å². The van der Waals surface area contributed by atoms with E-state index in [2.05, 4.69) is 10.6 Å². The van der Waals surface area contributed by atoms with Gasteiger partial charge in [0, 0.05) is 23.4 Å². The van der Waals surface area contributed by atoms with Crippen molar-refractivity contribution in [3.05, 3.63) is 65.5 Å². The summed E-state index contributed by atoms with van der Waals surface area (Å²) in [7, 11) is 0. The number of hydrogen-bond donors (Lipinski definition) is 3. The smallest absolute Gasteiger partial charge is 0.251 e. The summed E-state index contributed by atoms with van der Waals surface area (Å²) in [6.07, 6.45) is 0. The van der Waals surface area contributed by atoms with E-state index >= 15 is 0 Å². The van der Waals surface area contributed by atoms with Gasteiger partial charge in [-0.05, 0) is 35.7 Å². The van der Waals surface area contributed by atoms with Crippen LogP contribution in [0.5, 0.6) is 0 Å². The van der Waals surface area contributed by atoms with Crippen LogP contribution < -0.4 is 16.4 Å². The number of carbonyl (C=O) groups is 2. The van der Waals surface area contributed by atoms with Gasteiger partial charge in [0.05, 0.1) is 6.04 Å². The molecule has 0 spiro atoms. The molecule has 0 unspecified atom stereocenters. The van der Waals surface area contributed by atoms with Crippen molar-refractivity contribution in [3.8, 4) is 0 Å². The molecule has 1 atom stereocenters. The summed E-state index contributed by atoms with van der Waals surface area (Å²) in [5, 5.41) is 5.40. The third-order valence-corrected chi connectivity index (χ3v) is 4.03. The molecule has 5 nitrogen and oxygen atoms in total. The summed E-state index contributed by atoms with van der Waals surface area (Å²) >= 11 is 0. The maximum Gasteiger partial charge on any atom is 0.251 e. The highest BCUT2D eigenvalue weighted by Gasteiger charge is 2.27. The summed E-state index contributed by atoms with van der Waals surface area (Å²) in [5.74, 6) is -0.965. The first-order valence-electron chi connectivity index (χ1n) is 8.36. The fourth-order valence-electron chi connectivity index (χ4n) is 2.24. The van der Waals surface area contributed by atoms with Gasteiger partial charge in [-0.2, -0.15) is 0 Å². The molecule has 7 heteroatoms. The number of hydrogen-bond acceptors (Lipinski definition) is 3. The molecule has 2 rings (SSSR count). The highest BCUT2D eigenvalue weighted by molar-refractivity contribution is 5.97. The molecule has 0 radical (unpaired) electrons. The van der Waals surface area contributed by atoms with Crippen molar-refractivity contribution in [2.45, 2.75) is 33.4 Å². The molecule has 0 aliphatic heterocycles. The van der Waals surface area contributed by atoms with E-state index in [0.717, 1.165) is 0 Å². The lowest BCUT2D eigenvalue weighted by molar-refractivity contribution is -0.119. The number of carbonyl (C=O) groups excluding carboxylic acids is 2. The van der Waals surface area contributed by atoms with Crippen LogP contribution in [0.2, 0.25) is 0 Å². The zero-order valence-electron chi connectivity index (χ0n) is 15.6. The molecule has 27 heavy (non-hydrogen) atoms. The van der Waals surface area contributed by atoms with E-state index in [-0.39, 0.29) is 42.0 Å². The fraction of sp³-hybridized carbons (Fsp3) is 0.300. The lowest BCUT2D eigenvalue weighted by Gasteiger charge is -2.25. The normalized spacial score (nSPS) is 11.9. The molecule has 4 N–H and O–H groups in total. The van der Waals surface area contributed by atoms with Crippen LogP contribution >= 0.6 is 12.4 Å². The first-order valence-corrected chi connectivity index (χ1v) is 8.36. The minimum atomic E-state index is -0.647. The van der Waals surface area contributed by atoms with Crippen LogP contribution in [0.15, 0.2) is 48.5 Å². The molecule has 2 aromatic rings. The lowest BCUT2D eigenvalue weighted by Crippen LogP contribution is -2.45. The highest BCUT2D eigenvalue weighted by atomic mass is 35.5. The molecule has 0 saturated heterocycles. The van der Waals surface area contributed by atoms with Crippen LogP contribution in [0.1, 0.15) is 36.7 Å². The summed E-state index contributed by atoms with van der Waals surface area (Å²) in [5.41, 5.74) is 6.96. The molecule has 0 bridgehead atoms. The molecular formula is C20H25ClFN3O2. The van der Waals surface area contributed by atoms with Crippen molar-refractivity contribution in [1.82, 2.24) is 5.32 Å². The van der Waals surface area contributed by atoms with Crippen LogP contribution in [-0.2, 0) is 11.3 Å². The topological polar surface area (TPSA) is 84.2 Å². The van der Waals surface area contributed by atoms with Crippen LogP contribution in [0, 0.1) is 11.2 Å². The van der Waals surface area contributed by atoms with Crippen LogP contribution in [0.4, 0.5) is 10.1 Å². The van der Waals surface area contributed by atoms with Gasteiger partial charge in [0.15, 0.2) is 0 Å². The third-order valence-electron chi connectivity index (χ3n) is 4.03. The predicted octanol–water partition coefficient (Wildman–Crippen LogP) is 3.49. The Morgan fingerprint density at radius 3 is 2.22 bits per heavy atom. The number of amides is 2. The van der Waals surface area contributed by atoms with Crippen molar-refractivity contribution in [1.29, 1.82) is 0 Å². The Morgan fingerprint density at radius 1 is 1.07 bits per heavy atom. The summed E-state index contributed by atoms with van der Waals surface area (Å²) in [6.45, 7) is 5.77. The Bertz CT molecular complexity index is 789. The number of anilines is 1. The number of nitrogens with two attached hydrogens (primary N) is 1. The van der Waals surface area contributed by atoms with Gasteiger partial charge in [0.2, 0.25) is 5.91 Å². The maximum absolute atomic E-state index is 13.6. The van der Waals surface area contributed by atoms with Gasteiger partial charge in [-0.25, -0.2) is 4.39 Å². The Kier molecular flexibility index (Phi) is 7.94. The largest absolute Gasteiger partial charge is 0.348 e. The summed E-state index contributed by atoms with van der Waals surface area (Å²) in [4.78, 5) is 24.3. The maximum atomic E-state index is 13.6. The molecular weight excluding hydrogens is 369 g/mol. The van der Waals surface area contributed by atoms with Gasteiger partial charge in [0.25, 0.3) is 5.91 Å². The Balaban J connectivity index is 0.00000364. The Morgan fingerprint density at radius 2 is 1.67 bits per heavy atom. The van der Waals surface area contributed by atoms with E-state index in [1.807, 2.05) is 20.8 Å². The molecule has 146 valence electrons. The van der Waals surface area contributed by atoms with E-state index in [9.17, 15) is 14.0 Å². The molecule has 0 aliphatic carbocycles. The average molecular weight is 394 g/mol. The average Bonchev–Trinajstić information content (AvgIpc) is 2.60. The fourth-order valence-corrected chi connectivity index (χ4v) is 2.24. The first-order chi connectivity index (χ1) is 12.2. The first kappa shape index (κ1) is 22.6. The van der Waals surface area contributed by atoms with Gasteiger partial charge in [0.1, 0.15) is 5.82 Å². The quantitative estimate of drug-likeness (QED) is 0.727. The molecule has 2 amide bonds. The molecule has 0 saturated carbocycles. The van der Waals surface area contributed by atoms with E-state index in [0.29, 0.717) is 16.8 Å². The van der Waals surface area contributed by atoms with E-state index in [1.165, 1.54) is 6.07 Å². The van der Waals surface area contributed by atoms with Crippen molar-refractivity contribution < 1.29 is 14.0 Å². The van der Waals surface area contributed by atoms with Crippen molar-refractivity contribution in [3.63, 3.8) is 0 Å². The molecule has 0 fully saturated rings. The van der Waals surface area contributed by atoms with E-state index < -0.39 is 6.04 Å². The Labute approximate surface area is 164 Å². The minimum absolute atomic E-state index is 0. The molecule has 0 heterocycles. The zero-order valence-corrected chi connectivity index (χ0v) is 16.4. The van der Waals surface area contributed by atoms with Gasteiger partial charge >= 0.3 is 0 Å². The molecule has 2 aromatic carbocycles. The Hall–Kier alpha value is -2.44. The van der Waals surface area contributed by atoms with E-state index in [4.69, 9.17) is 5.73 Å². The molecule has 0 aromatic heterocycles. The number of nitrogens with one attached hydrogen (secondary N) is 2. The van der Waals surface area contributed by atoms with Gasteiger partial charge < -0.3 is 16.4 Å². The predicted molar refractivity (Wildman–Crippen MR) is 107 cm³/mol. The standard InChI is InChI=1S/C20H24FN3O2.ClH/c1-20(2,3)17(22)19(26)24-15-10-8-13(9-11-15)18(25)23-12-14-6-4-5-7-16(14)21;/h4-11,17H,12,22H2,1-3H3,(H,23,25)(H,24,26);1H/t17-;/m1./s1. The lowest BCUT2D eigenvalue weighted by atomic mass is 9.87. The number of halogens is 2. The third kappa shape index (κ3) is 6.34. The number of benzene rings is 2. The van der Waals surface area contributed by atoms with Crippen LogP contribution in [0.3, 0.4) is 0 Å². The highest BCUT2D eigenvalue weighted by Crippen LogP contribution is 2.19. The summed E-state index contributed by atoms with van der Waals surface area (Å²) in [6, 6.07) is 12.1. The van der Waals surface area contributed by atoms with Gasteiger partial charge in [-0.15, -0.1) is 12.4 Å². The van der Waals surface area contributed by atoms with Crippen molar-refractivity contribution in [2.75, 3.05) is 5.32 Å². The zero-order chi connectivity index (χ0) is 19.3. The second kappa shape index (κ2) is 9.48. The SMILES string of the molecule is CC(C)(C)[C@H](N)C(=O)Nc1ccc(C(=O)NCc2ccccc2F)cc1.Cl.